The van der Waals surface area contributed by atoms with Crippen LogP contribution in [0.1, 0.15) is 38.5 Å². The summed E-state index contributed by atoms with van der Waals surface area (Å²) in [6.45, 7) is 1.23. The van der Waals surface area contributed by atoms with Crippen LogP contribution in [0, 0.1) is 5.92 Å². The first kappa shape index (κ1) is 14.7. The molecule has 114 valence electrons. The molecule has 0 atom stereocenters. The van der Waals surface area contributed by atoms with Crippen molar-refractivity contribution in [3.63, 3.8) is 0 Å². The number of carboxylic acid groups (broad SMARTS) is 1. The molecule has 3 rings (SSSR count). The van der Waals surface area contributed by atoms with E-state index in [0.29, 0.717) is 18.1 Å². The van der Waals surface area contributed by atoms with Crippen LogP contribution in [0.15, 0.2) is 0 Å². The smallest absolute Gasteiger partial charge is 0.317 e. The van der Waals surface area contributed by atoms with Crippen molar-refractivity contribution in [3.05, 3.63) is 0 Å². The van der Waals surface area contributed by atoms with Crippen LogP contribution < -0.4 is 5.32 Å². The van der Waals surface area contributed by atoms with Crippen LogP contribution in [0.25, 0.3) is 0 Å². The highest BCUT2D eigenvalue weighted by Crippen LogP contribution is 2.34. The molecule has 3 fully saturated rings. The Kier molecular flexibility index (Phi) is 4.89. The van der Waals surface area contributed by atoms with E-state index in [0.717, 1.165) is 25.3 Å². The van der Waals surface area contributed by atoms with Gasteiger partial charge in [-0.15, -0.1) is 0 Å². The lowest BCUT2D eigenvalue weighted by Crippen LogP contribution is -2.56. The second-order valence-corrected chi connectivity index (χ2v) is 7.87. The van der Waals surface area contributed by atoms with Crippen molar-refractivity contribution in [2.75, 3.05) is 24.6 Å². The number of nitrogens with one attached hydrogen (secondary N) is 1. The first-order valence-corrected chi connectivity index (χ1v) is 9.16. The molecule has 0 radical (unpaired) electrons. The number of hydrogen-bond acceptors (Lipinski definition) is 4. The molecule has 0 aromatic heterocycles. The van der Waals surface area contributed by atoms with Gasteiger partial charge in [-0.2, -0.15) is 11.8 Å². The highest BCUT2D eigenvalue weighted by atomic mass is 32.2. The molecule has 2 saturated carbocycles. The summed E-state index contributed by atoms with van der Waals surface area (Å²) < 4.78 is 0. The summed E-state index contributed by atoms with van der Waals surface area (Å²) in [7, 11) is 0. The average molecular weight is 298 g/mol. The fourth-order valence-corrected chi connectivity index (χ4v) is 4.47. The lowest BCUT2D eigenvalue weighted by Gasteiger charge is -2.44. The monoisotopic (exact) mass is 298 g/mol. The molecule has 1 aliphatic heterocycles. The number of nitrogens with zero attached hydrogens (tertiary/aromatic N) is 1. The van der Waals surface area contributed by atoms with E-state index in [1.165, 1.54) is 37.2 Å². The standard InChI is InChI=1S/C15H26N2O2S/c18-15(19)10-17(9-11-1-2-11)14-7-13(8-14)16-12-3-5-20-6-4-12/h11-14,16H,1-10H2,(H,18,19). The van der Waals surface area contributed by atoms with Gasteiger partial charge >= 0.3 is 5.97 Å². The molecule has 0 amide bonds. The fraction of sp³-hybridized carbons (Fsp3) is 0.933. The number of thioether (sulfide) groups is 1. The molecule has 1 heterocycles. The summed E-state index contributed by atoms with van der Waals surface area (Å²) >= 11 is 2.06. The number of aliphatic carboxylic acids is 1. The molecule has 2 N–H and O–H groups in total. The molecule has 0 aromatic carbocycles. The first-order valence-electron chi connectivity index (χ1n) is 8.00. The Morgan fingerprint density at radius 1 is 1.15 bits per heavy atom. The van der Waals surface area contributed by atoms with Gasteiger partial charge in [-0.1, -0.05) is 0 Å². The van der Waals surface area contributed by atoms with Gasteiger partial charge in [-0.25, -0.2) is 0 Å². The van der Waals surface area contributed by atoms with Crippen LogP contribution in [0.4, 0.5) is 0 Å². The third-order valence-electron chi connectivity index (χ3n) is 4.85. The van der Waals surface area contributed by atoms with Crippen molar-refractivity contribution in [1.29, 1.82) is 0 Å². The highest BCUT2D eigenvalue weighted by Gasteiger charge is 2.37. The van der Waals surface area contributed by atoms with E-state index >= 15 is 0 Å². The summed E-state index contributed by atoms with van der Waals surface area (Å²) in [4.78, 5) is 13.2. The van der Waals surface area contributed by atoms with E-state index in [1.54, 1.807) is 0 Å². The van der Waals surface area contributed by atoms with Gasteiger partial charge in [0.25, 0.3) is 0 Å². The van der Waals surface area contributed by atoms with Crippen LogP contribution in [0.3, 0.4) is 0 Å². The normalized spacial score (nSPS) is 31.2. The maximum absolute atomic E-state index is 11.0. The molecule has 20 heavy (non-hydrogen) atoms. The van der Waals surface area contributed by atoms with Gasteiger partial charge in [0, 0.05) is 24.7 Å². The molecule has 4 nitrogen and oxygen atoms in total. The van der Waals surface area contributed by atoms with Crippen molar-refractivity contribution < 1.29 is 9.90 Å². The fourth-order valence-electron chi connectivity index (χ4n) is 3.37. The Morgan fingerprint density at radius 2 is 1.85 bits per heavy atom. The first-order chi connectivity index (χ1) is 9.70. The second-order valence-electron chi connectivity index (χ2n) is 6.64. The van der Waals surface area contributed by atoms with Crippen LogP contribution in [0.5, 0.6) is 0 Å². The van der Waals surface area contributed by atoms with E-state index in [1.807, 2.05) is 0 Å². The van der Waals surface area contributed by atoms with Crippen molar-refractivity contribution in [3.8, 4) is 0 Å². The maximum Gasteiger partial charge on any atom is 0.317 e. The Hall–Kier alpha value is -0.260. The molecule has 5 heteroatoms. The Labute approximate surface area is 125 Å². The minimum absolute atomic E-state index is 0.230. The third-order valence-corrected chi connectivity index (χ3v) is 5.90. The van der Waals surface area contributed by atoms with Gasteiger partial charge in [0.2, 0.25) is 0 Å². The van der Waals surface area contributed by atoms with E-state index < -0.39 is 5.97 Å². The summed E-state index contributed by atoms with van der Waals surface area (Å²) in [6.07, 6.45) is 7.47. The van der Waals surface area contributed by atoms with Crippen molar-refractivity contribution in [1.82, 2.24) is 10.2 Å². The van der Waals surface area contributed by atoms with Crippen molar-refractivity contribution in [2.45, 2.75) is 56.7 Å². The minimum atomic E-state index is -0.675. The molecule has 1 saturated heterocycles. The number of carbonyl (C=O) groups is 1. The molecule has 0 aromatic rings. The van der Waals surface area contributed by atoms with Crippen molar-refractivity contribution in [2.24, 2.45) is 5.92 Å². The largest absolute Gasteiger partial charge is 0.480 e. The lowest BCUT2D eigenvalue weighted by molar-refractivity contribution is -0.139. The molecule has 0 unspecified atom stereocenters. The van der Waals surface area contributed by atoms with Gasteiger partial charge < -0.3 is 10.4 Å². The van der Waals surface area contributed by atoms with Gasteiger partial charge in [-0.05, 0) is 55.9 Å². The van der Waals surface area contributed by atoms with Gasteiger partial charge in [0.1, 0.15) is 0 Å². The van der Waals surface area contributed by atoms with Crippen LogP contribution in [-0.4, -0.2) is 58.7 Å². The lowest BCUT2D eigenvalue weighted by atomic mass is 9.84. The molecule has 0 spiro atoms. The topological polar surface area (TPSA) is 52.6 Å². The SMILES string of the molecule is O=C(O)CN(CC1CC1)C1CC(NC2CCSCC2)C1. The zero-order chi connectivity index (χ0) is 13.9. The number of rotatable bonds is 7. The Bertz CT molecular complexity index is 337. The van der Waals surface area contributed by atoms with Crippen LogP contribution in [0.2, 0.25) is 0 Å². The Morgan fingerprint density at radius 3 is 2.45 bits per heavy atom. The molecule has 0 bridgehead atoms. The van der Waals surface area contributed by atoms with Crippen LogP contribution >= 0.6 is 11.8 Å². The van der Waals surface area contributed by atoms with Crippen LogP contribution in [-0.2, 0) is 4.79 Å². The zero-order valence-corrected chi connectivity index (χ0v) is 12.9. The zero-order valence-electron chi connectivity index (χ0n) is 12.1. The van der Waals surface area contributed by atoms with E-state index in [-0.39, 0.29) is 6.54 Å². The van der Waals surface area contributed by atoms with Gasteiger partial charge in [0.05, 0.1) is 6.54 Å². The number of carboxylic acids is 1. The van der Waals surface area contributed by atoms with Gasteiger partial charge in [0.15, 0.2) is 0 Å². The number of hydrogen-bond donors (Lipinski definition) is 2. The second kappa shape index (κ2) is 6.67. The molecular weight excluding hydrogens is 272 g/mol. The van der Waals surface area contributed by atoms with E-state index in [4.69, 9.17) is 5.11 Å². The molecular formula is C15H26N2O2S. The van der Waals surface area contributed by atoms with Gasteiger partial charge in [-0.3, -0.25) is 9.69 Å². The summed E-state index contributed by atoms with van der Waals surface area (Å²) in [6, 6.07) is 1.84. The minimum Gasteiger partial charge on any atom is -0.480 e. The maximum atomic E-state index is 11.0. The highest BCUT2D eigenvalue weighted by molar-refractivity contribution is 7.99. The average Bonchev–Trinajstić information content (AvgIpc) is 3.17. The summed E-state index contributed by atoms with van der Waals surface area (Å²) in [5.41, 5.74) is 0. The van der Waals surface area contributed by atoms with Crippen molar-refractivity contribution >= 4 is 17.7 Å². The predicted octanol–water partition coefficient (Wildman–Crippen LogP) is 1.80. The Balaban J connectivity index is 1.40. The predicted molar refractivity (Wildman–Crippen MR) is 82.2 cm³/mol. The quantitative estimate of drug-likeness (QED) is 0.750. The molecule has 2 aliphatic carbocycles. The summed E-state index contributed by atoms with van der Waals surface area (Å²) in [5.74, 6) is 2.68. The third kappa shape index (κ3) is 4.12. The van der Waals surface area contributed by atoms with E-state index in [2.05, 4.69) is 22.0 Å². The summed E-state index contributed by atoms with van der Waals surface area (Å²) in [5, 5.41) is 12.8. The molecule has 3 aliphatic rings. The van der Waals surface area contributed by atoms with E-state index in [9.17, 15) is 4.79 Å².